The maximum Gasteiger partial charge on any atom is 0.276 e. The monoisotopic (exact) mass is 243 g/mol. The van der Waals surface area contributed by atoms with E-state index in [0.717, 1.165) is 11.4 Å². The van der Waals surface area contributed by atoms with Crippen molar-refractivity contribution in [3.63, 3.8) is 0 Å². The Hall–Kier alpha value is -2.50. The smallest absolute Gasteiger partial charge is 0.276 e. The Balaban J connectivity index is 2.18. The molecule has 0 atom stereocenters. The predicted octanol–water partition coefficient (Wildman–Crippen LogP) is 1.32. The van der Waals surface area contributed by atoms with Crippen LogP contribution >= 0.6 is 0 Å². The Kier molecular flexibility index (Phi) is 3.18. The fraction of sp³-hybridized carbons (Fsp3) is 0.167. The average molecular weight is 243 g/mol. The van der Waals surface area contributed by atoms with Gasteiger partial charge in [-0.15, -0.1) is 10.2 Å². The van der Waals surface area contributed by atoms with Gasteiger partial charge in [0.2, 0.25) is 0 Å². The first kappa shape index (κ1) is 12.0. The zero-order valence-electron chi connectivity index (χ0n) is 10.1. The topological polar surface area (TPSA) is 93.8 Å². The molecule has 0 unspecified atom stereocenters. The van der Waals surface area contributed by atoms with Gasteiger partial charge in [-0.25, -0.2) is 0 Å². The maximum atomic E-state index is 11.9. The number of carbonyl (C=O) groups is 1. The van der Waals surface area contributed by atoms with E-state index in [1.54, 1.807) is 6.07 Å². The van der Waals surface area contributed by atoms with Crippen LogP contribution in [-0.2, 0) is 0 Å². The number of aromatic nitrogens is 3. The maximum absolute atomic E-state index is 11.9. The van der Waals surface area contributed by atoms with Gasteiger partial charge >= 0.3 is 0 Å². The molecule has 0 bridgehead atoms. The van der Waals surface area contributed by atoms with Crippen LogP contribution in [0, 0.1) is 13.8 Å². The Labute approximate surface area is 104 Å². The summed E-state index contributed by atoms with van der Waals surface area (Å²) >= 11 is 0. The molecular formula is C12H13N5O. The summed E-state index contributed by atoms with van der Waals surface area (Å²) in [5, 5.41) is 10.1. The highest BCUT2D eigenvalue weighted by Gasteiger charge is 2.10. The van der Waals surface area contributed by atoms with Crippen LogP contribution in [0.1, 0.15) is 21.9 Å². The summed E-state index contributed by atoms with van der Waals surface area (Å²) in [6, 6.07) is 6.69. The van der Waals surface area contributed by atoms with E-state index >= 15 is 0 Å². The van der Waals surface area contributed by atoms with Crippen LogP contribution in [0.3, 0.4) is 0 Å². The standard InChI is InChI=1S/C12H13N5O/c1-7-3-4-9(8(2)14-7)15-12(18)10-5-6-11(13)17-16-10/h3-6H,1-2H3,(H2,13,17)(H,15,18). The lowest BCUT2D eigenvalue weighted by atomic mass is 10.2. The molecule has 0 aromatic carbocycles. The number of rotatable bonds is 2. The van der Waals surface area contributed by atoms with Crippen LogP contribution in [0.5, 0.6) is 0 Å². The third-order valence-electron chi connectivity index (χ3n) is 2.39. The lowest BCUT2D eigenvalue weighted by Crippen LogP contribution is -2.15. The quantitative estimate of drug-likeness (QED) is 0.829. The van der Waals surface area contributed by atoms with Gasteiger partial charge in [-0.05, 0) is 38.1 Å². The Morgan fingerprint density at radius 1 is 1.17 bits per heavy atom. The highest BCUT2D eigenvalue weighted by molar-refractivity contribution is 6.03. The minimum atomic E-state index is -0.337. The molecule has 6 heteroatoms. The zero-order chi connectivity index (χ0) is 13.1. The summed E-state index contributed by atoms with van der Waals surface area (Å²) in [4.78, 5) is 16.1. The van der Waals surface area contributed by atoms with E-state index < -0.39 is 0 Å². The van der Waals surface area contributed by atoms with Crippen molar-refractivity contribution in [2.24, 2.45) is 0 Å². The third kappa shape index (κ3) is 2.60. The summed E-state index contributed by atoms with van der Waals surface area (Å²) in [6.07, 6.45) is 0. The molecule has 0 fully saturated rings. The molecule has 3 N–H and O–H groups in total. The molecule has 92 valence electrons. The third-order valence-corrected chi connectivity index (χ3v) is 2.39. The first-order chi connectivity index (χ1) is 8.56. The first-order valence-corrected chi connectivity index (χ1v) is 5.41. The van der Waals surface area contributed by atoms with Crippen molar-refractivity contribution in [2.45, 2.75) is 13.8 Å². The number of carbonyl (C=O) groups excluding carboxylic acids is 1. The van der Waals surface area contributed by atoms with E-state index in [1.807, 2.05) is 19.9 Å². The average Bonchev–Trinajstić information content (AvgIpc) is 2.33. The van der Waals surface area contributed by atoms with Crippen LogP contribution < -0.4 is 11.1 Å². The van der Waals surface area contributed by atoms with Crippen molar-refractivity contribution in [1.82, 2.24) is 15.2 Å². The molecule has 2 aromatic rings. The Morgan fingerprint density at radius 2 is 1.94 bits per heavy atom. The zero-order valence-corrected chi connectivity index (χ0v) is 10.1. The predicted molar refractivity (Wildman–Crippen MR) is 68.1 cm³/mol. The van der Waals surface area contributed by atoms with Crippen molar-refractivity contribution >= 4 is 17.4 Å². The summed E-state index contributed by atoms with van der Waals surface area (Å²) < 4.78 is 0. The molecule has 2 rings (SSSR count). The largest absolute Gasteiger partial charge is 0.382 e. The number of amides is 1. The fourth-order valence-electron chi connectivity index (χ4n) is 1.47. The van der Waals surface area contributed by atoms with Crippen molar-refractivity contribution in [2.75, 3.05) is 11.1 Å². The molecule has 18 heavy (non-hydrogen) atoms. The highest BCUT2D eigenvalue weighted by Crippen LogP contribution is 2.13. The second kappa shape index (κ2) is 4.79. The number of nitrogen functional groups attached to an aromatic ring is 1. The molecule has 1 amide bonds. The fourth-order valence-corrected chi connectivity index (χ4v) is 1.47. The van der Waals surface area contributed by atoms with Gasteiger partial charge in [0.1, 0.15) is 5.82 Å². The number of hydrogen-bond acceptors (Lipinski definition) is 5. The van der Waals surface area contributed by atoms with Crippen LogP contribution in [0.25, 0.3) is 0 Å². The van der Waals surface area contributed by atoms with E-state index in [9.17, 15) is 4.79 Å². The molecule has 2 heterocycles. The van der Waals surface area contributed by atoms with Gasteiger partial charge in [0.15, 0.2) is 5.69 Å². The van der Waals surface area contributed by atoms with Crippen molar-refractivity contribution in [3.8, 4) is 0 Å². The van der Waals surface area contributed by atoms with E-state index in [4.69, 9.17) is 5.73 Å². The highest BCUT2D eigenvalue weighted by atomic mass is 16.1. The summed E-state index contributed by atoms with van der Waals surface area (Å²) in [7, 11) is 0. The van der Waals surface area contributed by atoms with E-state index in [-0.39, 0.29) is 17.4 Å². The lowest BCUT2D eigenvalue weighted by Gasteiger charge is -2.07. The van der Waals surface area contributed by atoms with Crippen LogP contribution in [0.2, 0.25) is 0 Å². The van der Waals surface area contributed by atoms with E-state index in [1.165, 1.54) is 12.1 Å². The number of anilines is 2. The lowest BCUT2D eigenvalue weighted by molar-refractivity contribution is 0.102. The Bertz CT molecular complexity index is 580. The first-order valence-electron chi connectivity index (χ1n) is 5.41. The molecule has 6 nitrogen and oxygen atoms in total. The minimum Gasteiger partial charge on any atom is -0.382 e. The number of nitrogens with one attached hydrogen (secondary N) is 1. The van der Waals surface area contributed by atoms with Gasteiger partial charge in [0.25, 0.3) is 5.91 Å². The number of hydrogen-bond donors (Lipinski definition) is 2. The van der Waals surface area contributed by atoms with Gasteiger partial charge in [-0.2, -0.15) is 0 Å². The van der Waals surface area contributed by atoms with Gasteiger partial charge in [-0.1, -0.05) is 0 Å². The normalized spacial score (nSPS) is 10.1. The van der Waals surface area contributed by atoms with Gasteiger partial charge in [0, 0.05) is 5.69 Å². The molecule has 0 saturated carbocycles. The van der Waals surface area contributed by atoms with Gasteiger partial charge in [0.05, 0.1) is 11.4 Å². The van der Waals surface area contributed by atoms with Gasteiger partial charge in [-0.3, -0.25) is 9.78 Å². The van der Waals surface area contributed by atoms with Crippen LogP contribution in [0.15, 0.2) is 24.3 Å². The minimum absolute atomic E-state index is 0.212. The molecule has 0 radical (unpaired) electrons. The van der Waals surface area contributed by atoms with Crippen LogP contribution in [-0.4, -0.2) is 21.1 Å². The Morgan fingerprint density at radius 3 is 2.56 bits per heavy atom. The summed E-state index contributed by atoms with van der Waals surface area (Å²) in [5.74, 6) is -0.0593. The van der Waals surface area contributed by atoms with Crippen molar-refractivity contribution in [3.05, 3.63) is 41.3 Å². The SMILES string of the molecule is Cc1ccc(NC(=O)c2ccc(N)nn2)c(C)n1. The van der Waals surface area contributed by atoms with Crippen molar-refractivity contribution < 1.29 is 4.79 Å². The summed E-state index contributed by atoms with van der Waals surface area (Å²) in [6.45, 7) is 3.72. The molecule has 0 saturated heterocycles. The molecule has 0 aliphatic heterocycles. The number of nitrogens with zero attached hydrogens (tertiary/aromatic N) is 3. The van der Waals surface area contributed by atoms with Crippen molar-refractivity contribution in [1.29, 1.82) is 0 Å². The number of pyridine rings is 1. The number of nitrogens with two attached hydrogens (primary N) is 1. The summed E-state index contributed by atoms with van der Waals surface area (Å²) in [5.41, 5.74) is 7.93. The second-order valence-electron chi connectivity index (χ2n) is 3.88. The molecule has 0 aliphatic rings. The second-order valence-corrected chi connectivity index (χ2v) is 3.88. The van der Waals surface area contributed by atoms with E-state index in [2.05, 4.69) is 20.5 Å². The molecular weight excluding hydrogens is 230 g/mol. The molecule has 0 spiro atoms. The van der Waals surface area contributed by atoms with Gasteiger partial charge < -0.3 is 11.1 Å². The molecule has 0 aliphatic carbocycles. The number of aryl methyl sites for hydroxylation is 2. The van der Waals surface area contributed by atoms with Crippen LogP contribution in [0.4, 0.5) is 11.5 Å². The van der Waals surface area contributed by atoms with E-state index in [0.29, 0.717) is 5.69 Å². The molecule has 2 aromatic heterocycles.